The molecule has 1 aliphatic carbocycles. The lowest BCUT2D eigenvalue weighted by Crippen LogP contribution is -2.35. The molecule has 0 amide bonds. The molecular weight excluding hydrogens is 656 g/mol. The third-order valence-electron chi connectivity index (χ3n) is 10.3. The Hall–Kier alpha value is -4.58. The summed E-state index contributed by atoms with van der Waals surface area (Å²) >= 11 is 0. The van der Waals surface area contributed by atoms with Gasteiger partial charge in [-0.1, -0.05) is 32.0 Å². The molecular formula is C40H48O11. The Labute approximate surface area is 298 Å². The van der Waals surface area contributed by atoms with Crippen molar-refractivity contribution in [3.05, 3.63) is 95.0 Å². The van der Waals surface area contributed by atoms with E-state index >= 15 is 0 Å². The fraction of sp³-hybridized carbons (Fsp3) is 0.450. The normalized spacial score (nSPS) is 24.8. The van der Waals surface area contributed by atoms with Gasteiger partial charge in [0.1, 0.15) is 18.3 Å². The highest BCUT2D eigenvalue weighted by atomic mass is 16.7. The van der Waals surface area contributed by atoms with Crippen LogP contribution in [0, 0.1) is 17.8 Å². The van der Waals surface area contributed by atoms with Crippen molar-refractivity contribution in [1.82, 2.24) is 0 Å². The average molecular weight is 705 g/mol. The largest absolute Gasteiger partial charge is 0.504 e. The first-order valence-corrected chi connectivity index (χ1v) is 17.3. The number of aliphatic hydroxyl groups excluding tert-OH is 3. The van der Waals surface area contributed by atoms with Gasteiger partial charge < -0.3 is 53.2 Å². The number of hydrogen-bond donors (Lipinski definition) is 3. The molecule has 51 heavy (non-hydrogen) atoms. The molecule has 3 N–H and O–H groups in total. The lowest BCUT2D eigenvalue weighted by atomic mass is 9.85. The predicted octanol–water partition coefficient (Wildman–Crippen LogP) is 7.14. The quantitative estimate of drug-likeness (QED) is 0.168. The number of aliphatic hydroxyl groups is 3. The number of allylic oxidation sites excluding steroid dienone is 1. The van der Waals surface area contributed by atoms with Crippen molar-refractivity contribution < 1.29 is 53.2 Å². The summed E-state index contributed by atoms with van der Waals surface area (Å²) in [7, 11) is 4.66. The summed E-state index contributed by atoms with van der Waals surface area (Å²) in [5.41, 5.74) is 2.57. The monoisotopic (exact) mass is 704 g/mol. The molecule has 274 valence electrons. The SMILES string of the molecule is COC1=CC(C(O)C(C)Oc2ccc(C3OC(c4ccc(OC(C)C(O)c5ccc6c(c5)OCO6)c(OC)c4)C(C)C3C)cc2OC)CC=C1O. The smallest absolute Gasteiger partial charge is 0.231 e. The summed E-state index contributed by atoms with van der Waals surface area (Å²) in [6.07, 6.45) is 0.499. The molecule has 6 rings (SSSR count). The van der Waals surface area contributed by atoms with Crippen molar-refractivity contribution in [3.63, 3.8) is 0 Å². The van der Waals surface area contributed by atoms with Crippen LogP contribution in [0.5, 0.6) is 34.5 Å². The summed E-state index contributed by atoms with van der Waals surface area (Å²) in [6.45, 7) is 8.13. The van der Waals surface area contributed by atoms with Gasteiger partial charge in [-0.25, -0.2) is 0 Å². The number of rotatable bonds is 13. The maximum absolute atomic E-state index is 11.1. The van der Waals surface area contributed by atoms with Crippen LogP contribution in [0.4, 0.5) is 0 Å². The fourth-order valence-electron chi connectivity index (χ4n) is 7.00. The highest BCUT2D eigenvalue weighted by Gasteiger charge is 2.41. The van der Waals surface area contributed by atoms with Crippen LogP contribution in [0.15, 0.2) is 78.3 Å². The standard InChI is InChI=1S/C40H48O11/c1-21-22(2)40(28-11-15-32(35(19-28)46-7)50-24(4)38(43)26-9-13-30-36(17-26)48-20-47-30)51-39(21)27-10-14-31(34(18-27)45-6)49-23(3)37(42)25-8-12-29(41)33(16-25)44-5/h9-19,21-25,37-43H,8,20H2,1-7H3. The topological polar surface area (TPSA) is 135 Å². The fourth-order valence-corrected chi connectivity index (χ4v) is 7.00. The second-order valence-corrected chi connectivity index (χ2v) is 13.4. The first kappa shape index (κ1) is 36.2. The maximum atomic E-state index is 11.1. The molecule has 2 heterocycles. The molecule has 1 fully saturated rings. The van der Waals surface area contributed by atoms with Crippen LogP contribution in [-0.2, 0) is 9.47 Å². The Morgan fingerprint density at radius 2 is 1.29 bits per heavy atom. The van der Waals surface area contributed by atoms with E-state index in [-0.39, 0.29) is 42.5 Å². The second kappa shape index (κ2) is 15.3. The molecule has 11 nitrogen and oxygen atoms in total. The number of benzene rings is 3. The van der Waals surface area contributed by atoms with Gasteiger partial charge in [0.15, 0.2) is 46.0 Å². The third-order valence-corrected chi connectivity index (χ3v) is 10.3. The first-order valence-electron chi connectivity index (χ1n) is 17.3. The Balaban J connectivity index is 1.13. The molecule has 9 unspecified atom stereocenters. The van der Waals surface area contributed by atoms with Crippen molar-refractivity contribution in [2.24, 2.45) is 17.8 Å². The van der Waals surface area contributed by atoms with Gasteiger partial charge in [0.2, 0.25) is 6.79 Å². The van der Waals surface area contributed by atoms with Crippen LogP contribution in [-0.4, -0.2) is 61.8 Å². The summed E-state index contributed by atoms with van der Waals surface area (Å²) in [6, 6.07) is 16.9. The Morgan fingerprint density at radius 3 is 1.88 bits per heavy atom. The van der Waals surface area contributed by atoms with Gasteiger partial charge in [-0.2, -0.15) is 0 Å². The van der Waals surface area contributed by atoms with E-state index in [4.69, 9.17) is 37.9 Å². The molecule has 11 heteroatoms. The number of fused-ring (bicyclic) bond motifs is 1. The minimum absolute atomic E-state index is 0.0668. The number of ether oxygens (including phenoxy) is 8. The van der Waals surface area contributed by atoms with Gasteiger partial charge in [0.25, 0.3) is 0 Å². The lowest BCUT2D eigenvalue weighted by Gasteiger charge is -2.28. The van der Waals surface area contributed by atoms with Crippen LogP contribution in [0.2, 0.25) is 0 Å². The van der Waals surface area contributed by atoms with Gasteiger partial charge in [0.05, 0.1) is 39.6 Å². The maximum Gasteiger partial charge on any atom is 0.231 e. The van der Waals surface area contributed by atoms with Crippen molar-refractivity contribution in [2.75, 3.05) is 28.1 Å². The van der Waals surface area contributed by atoms with Crippen molar-refractivity contribution in [1.29, 1.82) is 0 Å². The molecule has 2 aliphatic heterocycles. The van der Waals surface area contributed by atoms with Crippen LogP contribution in [0.3, 0.4) is 0 Å². The predicted molar refractivity (Wildman–Crippen MR) is 189 cm³/mol. The molecule has 1 saturated heterocycles. The first-order chi connectivity index (χ1) is 24.5. The van der Waals surface area contributed by atoms with Gasteiger partial charge in [0, 0.05) is 5.92 Å². The molecule has 0 radical (unpaired) electrons. The van der Waals surface area contributed by atoms with Gasteiger partial charge in [-0.05, 0) is 97.3 Å². The van der Waals surface area contributed by atoms with E-state index in [1.165, 1.54) is 7.11 Å². The van der Waals surface area contributed by atoms with E-state index in [9.17, 15) is 15.3 Å². The molecule has 0 spiro atoms. The lowest BCUT2D eigenvalue weighted by molar-refractivity contribution is 0.0167. The van der Waals surface area contributed by atoms with E-state index < -0.39 is 24.4 Å². The molecule has 0 saturated carbocycles. The molecule has 3 aromatic rings. The summed E-state index contributed by atoms with van der Waals surface area (Å²) in [4.78, 5) is 0. The van der Waals surface area contributed by atoms with Crippen LogP contribution in [0.1, 0.15) is 69.1 Å². The summed E-state index contributed by atoms with van der Waals surface area (Å²) in [5, 5.41) is 32.1. The van der Waals surface area contributed by atoms with E-state index in [0.717, 1.165) is 11.1 Å². The van der Waals surface area contributed by atoms with E-state index in [0.29, 0.717) is 52.2 Å². The molecule has 3 aliphatic rings. The van der Waals surface area contributed by atoms with E-state index in [2.05, 4.69) is 13.8 Å². The Morgan fingerprint density at radius 1 is 0.706 bits per heavy atom. The zero-order valence-corrected chi connectivity index (χ0v) is 30.1. The van der Waals surface area contributed by atoms with Gasteiger partial charge in [-0.15, -0.1) is 0 Å². The van der Waals surface area contributed by atoms with Gasteiger partial charge >= 0.3 is 0 Å². The van der Waals surface area contributed by atoms with Crippen LogP contribution < -0.4 is 28.4 Å². The van der Waals surface area contributed by atoms with Crippen molar-refractivity contribution in [2.45, 2.75) is 70.7 Å². The second-order valence-electron chi connectivity index (χ2n) is 13.4. The van der Waals surface area contributed by atoms with Crippen molar-refractivity contribution >= 4 is 0 Å². The van der Waals surface area contributed by atoms with Crippen LogP contribution in [0.25, 0.3) is 0 Å². The molecule has 9 atom stereocenters. The van der Waals surface area contributed by atoms with Crippen molar-refractivity contribution in [3.8, 4) is 34.5 Å². The van der Waals surface area contributed by atoms with E-state index in [1.54, 1.807) is 58.4 Å². The zero-order valence-electron chi connectivity index (χ0n) is 30.1. The third kappa shape index (κ3) is 7.42. The minimum atomic E-state index is -0.906. The molecule has 0 aromatic heterocycles. The highest BCUT2D eigenvalue weighted by Crippen LogP contribution is 2.51. The molecule has 0 bridgehead atoms. The zero-order chi connectivity index (χ0) is 36.4. The number of methoxy groups -OCH3 is 3. The van der Waals surface area contributed by atoms with Gasteiger partial charge in [-0.3, -0.25) is 0 Å². The summed E-state index contributed by atoms with van der Waals surface area (Å²) < 4.78 is 46.7. The Bertz CT molecular complexity index is 1750. The van der Waals surface area contributed by atoms with Crippen LogP contribution >= 0.6 is 0 Å². The average Bonchev–Trinajstić information content (AvgIpc) is 3.74. The summed E-state index contributed by atoms with van der Waals surface area (Å²) in [5.74, 6) is 3.81. The van der Waals surface area contributed by atoms with E-state index in [1.807, 2.05) is 36.4 Å². The Kier molecular flexibility index (Phi) is 10.9. The number of hydrogen-bond acceptors (Lipinski definition) is 11. The molecule has 3 aromatic carbocycles. The highest BCUT2D eigenvalue weighted by molar-refractivity contribution is 5.47. The minimum Gasteiger partial charge on any atom is -0.504 e.